The van der Waals surface area contributed by atoms with Gasteiger partial charge in [-0.05, 0) is 60.1 Å². The number of rotatable bonds is 6. The van der Waals surface area contributed by atoms with Crippen molar-refractivity contribution in [1.82, 2.24) is 9.88 Å². The first-order chi connectivity index (χ1) is 15.6. The molecule has 1 aromatic heterocycles. The average Bonchev–Trinajstić information content (AvgIpc) is 2.87. The largest absolute Gasteiger partial charge is 0.497 e. The van der Waals surface area contributed by atoms with Gasteiger partial charge in [0.15, 0.2) is 0 Å². The van der Waals surface area contributed by atoms with Crippen LogP contribution in [0.5, 0.6) is 5.75 Å². The highest BCUT2D eigenvalue weighted by atomic mass is 32.1. The summed E-state index contributed by atoms with van der Waals surface area (Å²) in [4.78, 5) is 7.88. The third-order valence-corrected chi connectivity index (χ3v) is 7.76. The Hall–Kier alpha value is -2.60. The summed E-state index contributed by atoms with van der Waals surface area (Å²) in [5.41, 5.74) is 2.85. The first-order valence-electron chi connectivity index (χ1n) is 11.2. The van der Waals surface area contributed by atoms with Gasteiger partial charge in [0, 0.05) is 35.1 Å². The zero-order valence-electron chi connectivity index (χ0n) is 18.2. The van der Waals surface area contributed by atoms with E-state index in [1.807, 2.05) is 42.5 Å². The molecule has 4 nitrogen and oxygen atoms in total. The first-order valence-corrected chi connectivity index (χ1v) is 11.6. The Balaban J connectivity index is 1.51. The van der Waals surface area contributed by atoms with Gasteiger partial charge in [-0.2, -0.15) is 0 Å². The minimum absolute atomic E-state index is 0.00610. The van der Waals surface area contributed by atoms with Gasteiger partial charge < -0.3 is 9.84 Å². The third kappa shape index (κ3) is 3.64. The molecular formula is C27H28N2O2S. The van der Waals surface area contributed by atoms with Crippen molar-refractivity contribution in [3.05, 3.63) is 84.6 Å². The van der Waals surface area contributed by atoms with Crippen molar-refractivity contribution in [2.75, 3.05) is 13.7 Å². The summed E-state index contributed by atoms with van der Waals surface area (Å²) in [6.07, 6.45) is 5.16. The van der Waals surface area contributed by atoms with Gasteiger partial charge in [0.1, 0.15) is 5.75 Å². The predicted molar refractivity (Wildman–Crippen MR) is 132 cm³/mol. The number of hydrogen-bond acceptors (Lipinski definition) is 5. The maximum absolute atomic E-state index is 11.7. The smallest absolute Gasteiger partial charge is 0.119 e. The average molecular weight is 445 g/mol. The van der Waals surface area contributed by atoms with Gasteiger partial charge in [-0.1, -0.05) is 48.6 Å². The molecule has 1 N–H and O–H groups in total. The monoisotopic (exact) mass is 444 g/mol. The number of fused-ring (bicyclic) bond motifs is 4. The fourth-order valence-corrected chi connectivity index (χ4v) is 5.94. The van der Waals surface area contributed by atoms with Gasteiger partial charge in [0.2, 0.25) is 0 Å². The van der Waals surface area contributed by atoms with E-state index in [1.165, 1.54) is 0 Å². The zero-order valence-corrected chi connectivity index (χ0v) is 19.0. The van der Waals surface area contributed by atoms with Gasteiger partial charge in [-0.25, -0.2) is 0 Å². The molecule has 3 aromatic rings. The fourth-order valence-electron chi connectivity index (χ4n) is 5.57. The van der Waals surface area contributed by atoms with Crippen LogP contribution < -0.4 is 4.74 Å². The number of ether oxygens (including phenoxy) is 1. The van der Waals surface area contributed by atoms with E-state index in [4.69, 9.17) is 17.0 Å². The molecule has 2 aromatic carbocycles. The molecule has 0 saturated carbocycles. The molecule has 6 rings (SSSR count). The lowest BCUT2D eigenvalue weighted by atomic mass is 9.69. The van der Waals surface area contributed by atoms with Crippen molar-refractivity contribution in [2.45, 2.75) is 31.0 Å². The summed E-state index contributed by atoms with van der Waals surface area (Å²) in [6, 6.07) is 18.2. The van der Waals surface area contributed by atoms with E-state index in [1.54, 1.807) is 13.3 Å². The molecule has 3 aliphatic heterocycles. The number of benzene rings is 2. The topological polar surface area (TPSA) is 45.6 Å². The first kappa shape index (κ1) is 21.3. The molecule has 6 atom stereocenters. The lowest BCUT2D eigenvalue weighted by Gasteiger charge is -2.55. The van der Waals surface area contributed by atoms with Gasteiger partial charge in [-0.15, -0.1) is 6.58 Å². The van der Waals surface area contributed by atoms with Crippen LogP contribution in [-0.4, -0.2) is 45.6 Å². The number of piperidine rings is 3. The lowest BCUT2D eigenvalue weighted by molar-refractivity contribution is -0.0595. The molecule has 0 aliphatic carbocycles. The Bertz CT molecular complexity index is 1150. The van der Waals surface area contributed by atoms with Crippen molar-refractivity contribution in [1.29, 1.82) is 0 Å². The number of nitrogens with zero attached hydrogens (tertiary/aromatic N) is 2. The highest BCUT2D eigenvalue weighted by molar-refractivity contribution is 7.81. The number of aliphatic hydroxyl groups excluding tert-OH is 1. The van der Waals surface area contributed by atoms with Gasteiger partial charge in [0.05, 0.1) is 18.7 Å². The van der Waals surface area contributed by atoms with E-state index in [0.717, 1.165) is 52.0 Å². The van der Waals surface area contributed by atoms with E-state index in [-0.39, 0.29) is 12.1 Å². The van der Waals surface area contributed by atoms with Crippen molar-refractivity contribution < 1.29 is 9.84 Å². The molecule has 164 valence electrons. The van der Waals surface area contributed by atoms with E-state index in [9.17, 15) is 5.11 Å². The molecule has 0 radical (unpaired) electrons. The Labute approximate surface area is 194 Å². The Morgan fingerprint density at radius 2 is 2.03 bits per heavy atom. The molecular weight excluding hydrogens is 416 g/mol. The summed E-state index contributed by atoms with van der Waals surface area (Å²) < 4.78 is 5.43. The Morgan fingerprint density at radius 3 is 2.75 bits per heavy atom. The van der Waals surface area contributed by atoms with Crippen molar-refractivity contribution in [2.24, 2.45) is 11.8 Å². The molecule has 2 bridgehead atoms. The molecule has 3 fully saturated rings. The van der Waals surface area contributed by atoms with E-state index < -0.39 is 6.10 Å². The van der Waals surface area contributed by atoms with Crippen LogP contribution in [0, 0.1) is 11.8 Å². The summed E-state index contributed by atoms with van der Waals surface area (Å²) in [7, 11) is 1.66. The molecule has 4 heterocycles. The molecule has 3 saturated heterocycles. The van der Waals surface area contributed by atoms with Crippen molar-refractivity contribution >= 4 is 28.0 Å². The fraction of sp³-hybridized carbons (Fsp3) is 0.333. The quantitative estimate of drug-likeness (QED) is 0.331. The normalized spacial score (nSPS) is 27.8. The number of hydrogen-bond donors (Lipinski definition) is 1. The van der Waals surface area contributed by atoms with Crippen LogP contribution in [0.1, 0.15) is 30.1 Å². The van der Waals surface area contributed by atoms with E-state index in [2.05, 4.69) is 34.7 Å². The van der Waals surface area contributed by atoms with Gasteiger partial charge in [0.25, 0.3) is 0 Å². The molecule has 3 aliphatic rings. The number of methoxy groups -OCH3 is 1. The SMILES string of the molecule is C=C[C@H]1CN2C(C(=S)c3ccccc3)CC1C[C@H]2[C@H](O)c1ccnc2ccc(OC)cc12. The number of thiocarbonyl (C=S) groups is 1. The van der Waals surface area contributed by atoms with Gasteiger partial charge >= 0.3 is 0 Å². The molecule has 0 amide bonds. The maximum atomic E-state index is 11.7. The summed E-state index contributed by atoms with van der Waals surface area (Å²) in [5.74, 6) is 1.66. The van der Waals surface area contributed by atoms with E-state index >= 15 is 0 Å². The van der Waals surface area contributed by atoms with Gasteiger partial charge in [-0.3, -0.25) is 9.88 Å². The van der Waals surface area contributed by atoms with Crippen LogP contribution in [0.4, 0.5) is 0 Å². The lowest BCUT2D eigenvalue weighted by Crippen LogP contribution is -2.61. The number of pyridine rings is 1. The molecule has 3 unspecified atom stereocenters. The summed E-state index contributed by atoms with van der Waals surface area (Å²) in [5, 5.41) is 12.6. The molecule has 0 spiro atoms. The van der Waals surface area contributed by atoms with Crippen molar-refractivity contribution in [3.8, 4) is 5.75 Å². The summed E-state index contributed by atoms with van der Waals surface area (Å²) >= 11 is 5.97. The number of aliphatic hydroxyl groups is 1. The van der Waals surface area contributed by atoms with Crippen LogP contribution in [0.2, 0.25) is 0 Å². The second-order valence-corrected chi connectivity index (χ2v) is 9.31. The summed E-state index contributed by atoms with van der Waals surface area (Å²) in [6.45, 7) is 4.95. The highest BCUT2D eigenvalue weighted by Crippen LogP contribution is 2.45. The molecule has 5 heteroatoms. The standard InChI is InChI=1S/C27H28N2O2S/c1-3-17-16-29-24(13-19(17)14-25(29)27(32)18-7-5-4-6-8-18)26(30)21-11-12-28-23-10-9-20(31-2)15-22(21)23/h3-12,15,17,19,24-26,30H,1,13-14,16H2,2H3/t17-,19?,24-,25?,26+/m0/s1. The Morgan fingerprint density at radius 1 is 1.22 bits per heavy atom. The van der Waals surface area contributed by atoms with Crippen LogP contribution >= 0.6 is 12.2 Å². The predicted octanol–water partition coefficient (Wildman–Crippen LogP) is 4.96. The maximum Gasteiger partial charge on any atom is 0.119 e. The van der Waals surface area contributed by atoms with Crippen LogP contribution in [-0.2, 0) is 0 Å². The van der Waals surface area contributed by atoms with Crippen LogP contribution in [0.15, 0.2) is 73.4 Å². The highest BCUT2D eigenvalue weighted by Gasteiger charge is 2.48. The minimum Gasteiger partial charge on any atom is -0.497 e. The molecule has 32 heavy (non-hydrogen) atoms. The Kier molecular flexibility index (Phi) is 5.80. The second-order valence-electron chi connectivity index (χ2n) is 8.87. The van der Waals surface area contributed by atoms with E-state index in [0.29, 0.717) is 11.8 Å². The third-order valence-electron chi connectivity index (χ3n) is 7.25. The second kappa shape index (κ2) is 8.74. The minimum atomic E-state index is -0.637. The van der Waals surface area contributed by atoms with Crippen LogP contribution in [0.3, 0.4) is 0 Å². The number of aromatic nitrogens is 1. The van der Waals surface area contributed by atoms with Crippen molar-refractivity contribution in [3.63, 3.8) is 0 Å². The zero-order chi connectivity index (χ0) is 22.2. The van der Waals surface area contributed by atoms with Crippen LogP contribution in [0.25, 0.3) is 10.9 Å².